The van der Waals surface area contributed by atoms with Gasteiger partial charge in [-0.05, 0) is 30.9 Å². The van der Waals surface area contributed by atoms with Crippen LogP contribution >= 0.6 is 34.4 Å². The molecule has 0 atom stereocenters. The number of hydrogen-bond acceptors (Lipinski definition) is 9. The van der Waals surface area contributed by atoms with Crippen molar-refractivity contribution in [3.8, 4) is 10.7 Å². The van der Waals surface area contributed by atoms with Crippen molar-refractivity contribution >= 4 is 50.6 Å². The molecular weight excluding hydrogens is 388 g/mol. The van der Waals surface area contributed by atoms with E-state index in [1.54, 1.807) is 0 Å². The van der Waals surface area contributed by atoms with Gasteiger partial charge in [0.05, 0.1) is 16.0 Å². The Morgan fingerprint density at radius 1 is 1.23 bits per heavy atom. The molecule has 0 saturated carbocycles. The summed E-state index contributed by atoms with van der Waals surface area (Å²) < 4.78 is 0. The first-order chi connectivity index (χ1) is 12.5. The van der Waals surface area contributed by atoms with Crippen LogP contribution in [-0.2, 0) is 5.75 Å². The summed E-state index contributed by atoms with van der Waals surface area (Å²) in [4.78, 5) is 35.4. The molecule has 4 aromatic rings. The first-order valence-electron chi connectivity index (χ1n) is 7.68. The summed E-state index contributed by atoms with van der Waals surface area (Å²) in [6.07, 6.45) is 0. The molecule has 0 bridgehead atoms. The highest BCUT2D eigenvalue weighted by Crippen LogP contribution is 2.28. The smallest absolute Gasteiger partial charge is 0.259 e. The van der Waals surface area contributed by atoms with Crippen LogP contribution in [0.2, 0.25) is 0 Å². The Labute approximate surface area is 160 Å². The Kier molecular flexibility index (Phi) is 4.47. The quantitative estimate of drug-likeness (QED) is 0.503. The molecule has 0 aromatic carbocycles. The lowest BCUT2D eigenvalue weighted by atomic mass is 10.2. The highest BCUT2D eigenvalue weighted by Gasteiger charge is 2.13. The fourth-order valence-corrected chi connectivity index (χ4v) is 4.87. The standard InChI is InChI=1S/C16H14N6OS3/c1-7-8(2)26-14-11(7)13(23)18-10(19-14)6-25-16-21-12(20-15(17)22-16)9-4-3-5-24-9/h3-5H,6H2,1-2H3,(H,18,19,23)(H2,17,20,21,22). The monoisotopic (exact) mass is 402 g/mol. The summed E-state index contributed by atoms with van der Waals surface area (Å²) in [7, 11) is 0. The molecule has 0 spiro atoms. The highest BCUT2D eigenvalue weighted by atomic mass is 32.2. The number of nitrogen functional groups attached to an aromatic ring is 1. The van der Waals surface area contributed by atoms with E-state index >= 15 is 0 Å². The van der Waals surface area contributed by atoms with Crippen LogP contribution in [0.1, 0.15) is 16.3 Å². The Morgan fingerprint density at radius 2 is 2.08 bits per heavy atom. The molecule has 0 aliphatic rings. The highest BCUT2D eigenvalue weighted by molar-refractivity contribution is 7.98. The Hall–Kier alpha value is -2.30. The van der Waals surface area contributed by atoms with Crippen molar-refractivity contribution in [1.29, 1.82) is 0 Å². The van der Waals surface area contributed by atoms with Gasteiger partial charge in [-0.25, -0.2) is 9.97 Å². The number of rotatable bonds is 4. The number of fused-ring (bicyclic) bond motifs is 1. The largest absolute Gasteiger partial charge is 0.368 e. The van der Waals surface area contributed by atoms with Gasteiger partial charge in [-0.1, -0.05) is 17.8 Å². The van der Waals surface area contributed by atoms with Crippen LogP contribution in [0.15, 0.2) is 27.5 Å². The third-order valence-corrected chi connectivity index (χ3v) is 6.63. The predicted octanol–water partition coefficient (Wildman–Crippen LogP) is 3.39. The SMILES string of the molecule is Cc1sc2nc(CSc3nc(N)nc(-c4cccs4)n3)[nH]c(=O)c2c1C. The van der Waals surface area contributed by atoms with Gasteiger partial charge in [0.15, 0.2) is 11.0 Å². The number of thioether (sulfide) groups is 1. The third kappa shape index (κ3) is 3.22. The van der Waals surface area contributed by atoms with Crippen LogP contribution in [0.25, 0.3) is 20.9 Å². The zero-order valence-corrected chi connectivity index (χ0v) is 16.4. The summed E-state index contributed by atoms with van der Waals surface area (Å²) in [5, 5.41) is 3.13. The van der Waals surface area contributed by atoms with Crippen LogP contribution in [-0.4, -0.2) is 24.9 Å². The number of aromatic amines is 1. The van der Waals surface area contributed by atoms with Gasteiger partial charge in [-0.2, -0.15) is 9.97 Å². The van der Waals surface area contributed by atoms with Crippen molar-refractivity contribution in [1.82, 2.24) is 24.9 Å². The molecule has 0 unspecified atom stereocenters. The van der Waals surface area contributed by atoms with E-state index in [4.69, 9.17) is 5.73 Å². The average molecular weight is 403 g/mol. The molecule has 4 rings (SSSR count). The fraction of sp³-hybridized carbons (Fsp3) is 0.188. The molecule has 26 heavy (non-hydrogen) atoms. The molecule has 3 N–H and O–H groups in total. The van der Waals surface area contributed by atoms with E-state index in [9.17, 15) is 4.79 Å². The Balaban J connectivity index is 1.61. The second kappa shape index (κ2) is 6.78. The van der Waals surface area contributed by atoms with Crippen LogP contribution in [0.4, 0.5) is 5.95 Å². The van der Waals surface area contributed by atoms with Crippen molar-refractivity contribution < 1.29 is 0 Å². The molecule has 0 radical (unpaired) electrons. The van der Waals surface area contributed by atoms with Gasteiger partial charge in [0.2, 0.25) is 5.95 Å². The second-order valence-electron chi connectivity index (χ2n) is 5.54. The topological polar surface area (TPSA) is 110 Å². The fourth-order valence-electron chi connectivity index (χ4n) is 2.45. The van der Waals surface area contributed by atoms with E-state index in [-0.39, 0.29) is 11.5 Å². The molecule has 10 heteroatoms. The van der Waals surface area contributed by atoms with Gasteiger partial charge in [0.1, 0.15) is 10.7 Å². The minimum atomic E-state index is -0.109. The van der Waals surface area contributed by atoms with Gasteiger partial charge >= 0.3 is 0 Å². The number of anilines is 1. The molecule has 0 aliphatic heterocycles. The Morgan fingerprint density at radius 3 is 2.85 bits per heavy atom. The predicted molar refractivity (Wildman–Crippen MR) is 107 cm³/mol. The van der Waals surface area contributed by atoms with Crippen molar-refractivity contribution in [2.75, 3.05) is 5.73 Å². The molecule has 4 aromatic heterocycles. The Bertz CT molecular complexity index is 1150. The van der Waals surface area contributed by atoms with Crippen molar-refractivity contribution in [2.24, 2.45) is 0 Å². The summed E-state index contributed by atoms with van der Waals surface area (Å²) in [6, 6.07) is 3.87. The van der Waals surface area contributed by atoms with Gasteiger partial charge in [-0.3, -0.25) is 4.79 Å². The summed E-state index contributed by atoms with van der Waals surface area (Å²) in [6.45, 7) is 3.94. The van der Waals surface area contributed by atoms with E-state index < -0.39 is 0 Å². The summed E-state index contributed by atoms with van der Waals surface area (Å²) in [5.74, 6) is 1.75. The number of nitrogens with zero attached hydrogens (tertiary/aromatic N) is 4. The van der Waals surface area contributed by atoms with Gasteiger partial charge in [0.25, 0.3) is 5.56 Å². The number of nitrogens with two attached hydrogens (primary N) is 1. The van der Waals surface area contributed by atoms with Crippen molar-refractivity contribution in [2.45, 2.75) is 24.8 Å². The third-order valence-electron chi connectivity index (χ3n) is 3.80. The van der Waals surface area contributed by atoms with E-state index in [0.717, 1.165) is 20.1 Å². The lowest BCUT2D eigenvalue weighted by Crippen LogP contribution is -2.11. The van der Waals surface area contributed by atoms with Gasteiger partial charge in [0, 0.05) is 4.88 Å². The lowest BCUT2D eigenvalue weighted by molar-refractivity contribution is 0.923. The zero-order chi connectivity index (χ0) is 18.3. The first-order valence-corrected chi connectivity index (χ1v) is 10.4. The summed E-state index contributed by atoms with van der Waals surface area (Å²) in [5.41, 5.74) is 6.69. The van der Waals surface area contributed by atoms with Gasteiger partial charge in [-0.15, -0.1) is 22.7 Å². The molecular formula is C16H14N6OS3. The normalized spacial score (nSPS) is 11.3. The van der Waals surface area contributed by atoms with Crippen LogP contribution in [0.5, 0.6) is 0 Å². The molecule has 0 aliphatic carbocycles. The molecule has 0 saturated heterocycles. The van der Waals surface area contributed by atoms with Crippen LogP contribution < -0.4 is 11.3 Å². The summed E-state index contributed by atoms with van der Waals surface area (Å²) >= 11 is 4.43. The number of aryl methyl sites for hydroxylation is 2. The van der Waals surface area contributed by atoms with E-state index in [1.807, 2.05) is 31.4 Å². The first kappa shape index (κ1) is 17.1. The number of hydrogen-bond donors (Lipinski definition) is 2. The number of H-pyrrole nitrogens is 1. The molecule has 0 fully saturated rings. The maximum absolute atomic E-state index is 12.4. The minimum absolute atomic E-state index is 0.109. The van der Waals surface area contributed by atoms with Crippen LogP contribution in [0.3, 0.4) is 0 Å². The number of aromatic nitrogens is 5. The number of nitrogens with one attached hydrogen (secondary N) is 1. The van der Waals surface area contributed by atoms with Crippen molar-refractivity contribution in [3.63, 3.8) is 0 Å². The molecule has 7 nitrogen and oxygen atoms in total. The van der Waals surface area contributed by atoms with E-state index in [0.29, 0.717) is 27.9 Å². The maximum atomic E-state index is 12.4. The zero-order valence-electron chi connectivity index (χ0n) is 13.9. The second-order valence-corrected chi connectivity index (χ2v) is 8.64. The van der Waals surface area contributed by atoms with E-state index in [2.05, 4.69) is 24.9 Å². The molecule has 0 amide bonds. The molecule has 4 heterocycles. The average Bonchev–Trinajstić information content (AvgIpc) is 3.22. The van der Waals surface area contributed by atoms with Gasteiger partial charge < -0.3 is 10.7 Å². The van der Waals surface area contributed by atoms with Crippen LogP contribution in [0, 0.1) is 13.8 Å². The number of thiophene rings is 2. The van der Waals surface area contributed by atoms with E-state index in [1.165, 1.54) is 34.4 Å². The maximum Gasteiger partial charge on any atom is 0.259 e. The molecule has 132 valence electrons. The van der Waals surface area contributed by atoms with Crippen molar-refractivity contribution in [3.05, 3.63) is 44.1 Å². The minimum Gasteiger partial charge on any atom is -0.368 e. The lowest BCUT2D eigenvalue weighted by Gasteiger charge is -2.03.